The molecule has 2 rings (SSSR count). The van der Waals surface area contributed by atoms with E-state index >= 15 is 0 Å². The quantitative estimate of drug-likeness (QED) is 0.869. The molecule has 126 valence electrons. The van der Waals surface area contributed by atoms with E-state index in [9.17, 15) is 22.8 Å². The molecule has 0 radical (unpaired) electrons. The lowest BCUT2D eigenvalue weighted by molar-refractivity contribution is -0.137. The summed E-state index contributed by atoms with van der Waals surface area (Å²) in [6.45, 7) is 1.36. The van der Waals surface area contributed by atoms with Crippen molar-refractivity contribution in [3.05, 3.63) is 59.9 Å². The topological polar surface area (TPSA) is 68.3 Å². The van der Waals surface area contributed by atoms with Crippen LogP contribution in [0.4, 0.5) is 18.9 Å². The van der Waals surface area contributed by atoms with Gasteiger partial charge in [0.05, 0.1) is 11.1 Å². The number of ether oxygens (including phenoxy) is 1. The van der Waals surface area contributed by atoms with E-state index in [1.165, 1.54) is 31.5 Å². The number of carbonyl (C=O) groups excluding carboxylic acids is 2. The van der Waals surface area contributed by atoms with Crippen molar-refractivity contribution >= 4 is 17.6 Å². The molecular weight excluding hydrogens is 325 g/mol. The zero-order chi connectivity index (χ0) is 17.7. The van der Waals surface area contributed by atoms with Crippen molar-refractivity contribution in [2.75, 3.05) is 5.32 Å². The number of anilines is 1. The Balaban J connectivity index is 1.95. The summed E-state index contributed by atoms with van der Waals surface area (Å²) in [5, 5.41) is 2.38. The fourth-order valence-electron chi connectivity index (χ4n) is 1.76. The third kappa shape index (κ3) is 4.55. The zero-order valence-electron chi connectivity index (χ0n) is 12.5. The summed E-state index contributed by atoms with van der Waals surface area (Å²) >= 11 is 0. The summed E-state index contributed by atoms with van der Waals surface area (Å²) in [6.07, 6.45) is -2.75. The van der Waals surface area contributed by atoms with Gasteiger partial charge in [-0.2, -0.15) is 13.2 Å². The molecule has 24 heavy (non-hydrogen) atoms. The minimum Gasteiger partial charge on any atom is -0.449 e. The van der Waals surface area contributed by atoms with Crippen molar-refractivity contribution < 1.29 is 27.5 Å². The first-order valence-corrected chi connectivity index (χ1v) is 6.86. The van der Waals surface area contributed by atoms with Gasteiger partial charge in [-0.3, -0.25) is 9.78 Å². The highest BCUT2D eigenvalue weighted by Crippen LogP contribution is 2.29. The minimum absolute atomic E-state index is 0.166. The number of nitrogens with one attached hydrogen (secondary N) is 1. The van der Waals surface area contributed by atoms with Crippen LogP contribution in [0.1, 0.15) is 22.8 Å². The highest BCUT2D eigenvalue weighted by atomic mass is 19.4. The molecule has 1 amide bonds. The van der Waals surface area contributed by atoms with Crippen molar-refractivity contribution in [1.29, 1.82) is 0 Å². The second-order valence-corrected chi connectivity index (χ2v) is 4.85. The van der Waals surface area contributed by atoms with E-state index in [0.717, 1.165) is 24.3 Å². The fourth-order valence-corrected chi connectivity index (χ4v) is 1.76. The number of pyridine rings is 1. The van der Waals surface area contributed by atoms with E-state index in [1.807, 2.05) is 0 Å². The first-order valence-electron chi connectivity index (χ1n) is 6.86. The van der Waals surface area contributed by atoms with E-state index in [-0.39, 0.29) is 11.3 Å². The summed E-state index contributed by atoms with van der Waals surface area (Å²) in [6, 6.07) is 6.81. The van der Waals surface area contributed by atoms with Crippen LogP contribution in [-0.2, 0) is 15.7 Å². The number of halogens is 3. The Kier molecular flexibility index (Phi) is 5.18. The number of alkyl halides is 3. The standard InChI is InChI=1S/C16H13F3N2O3/c1-10(24-15(23)11-6-8-20-9-7-11)14(22)21-13-4-2-12(3-5-13)16(17,18)19/h2-10H,1H3,(H,21,22)/t10-/m1/s1. The summed E-state index contributed by atoms with van der Waals surface area (Å²) in [7, 11) is 0. The lowest BCUT2D eigenvalue weighted by Crippen LogP contribution is -2.30. The van der Waals surface area contributed by atoms with Gasteiger partial charge >= 0.3 is 12.1 Å². The molecule has 0 aliphatic heterocycles. The van der Waals surface area contributed by atoms with Crippen LogP contribution in [0.5, 0.6) is 0 Å². The molecule has 0 aliphatic carbocycles. The molecule has 0 saturated heterocycles. The molecule has 0 unspecified atom stereocenters. The summed E-state index contributed by atoms with van der Waals surface area (Å²) < 4.78 is 42.4. The molecule has 2 aromatic rings. The van der Waals surface area contributed by atoms with Crippen molar-refractivity contribution in [2.45, 2.75) is 19.2 Å². The average Bonchev–Trinajstić information content (AvgIpc) is 2.55. The number of hydrogen-bond acceptors (Lipinski definition) is 4. The maximum absolute atomic E-state index is 12.5. The van der Waals surface area contributed by atoms with Gasteiger partial charge in [-0.25, -0.2) is 4.79 Å². The number of esters is 1. The first-order chi connectivity index (χ1) is 11.3. The van der Waals surface area contributed by atoms with Gasteiger partial charge in [-0.1, -0.05) is 0 Å². The number of nitrogens with zero attached hydrogens (tertiary/aromatic N) is 1. The monoisotopic (exact) mass is 338 g/mol. The zero-order valence-corrected chi connectivity index (χ0v) is 12.5. The van der Waals surface area contributed by atoms with Gasteiger partial charge in [0.2, 0.25) is 0 Å². The Morgan fingerprint density at radius 3 is 2.21 bits per heavy atom. The van der Waals surface area contributed by atoms with Crippen molar-refractivity contribution in [3.63, 3.8) is 0 Å². The maximum Gasteiger partial charge on any atom is 0.416 e. The third-order valence-corrected chi connectivity index (χ3v) is 3.05. The second kappa shape index (κ2) is 7.12. The molecule has 0 saturated carbocycles. The van der Waals surface area contributed by atoms with Gasteiger partial charge in [0.15, 0.2) is 6.10 Å². The maximum atomic E-state index is 12.5. The Hall–Kier alpha value is -2.90. The summed E-state index contributed by atoms with van der Waals surface area (Å²) in [5.41, 5.74) is -0.420. The number of benzene rings is 1. The number of amides is 1. The van der Waals surface area contributed by atoms with Gasteiger partial charge in [0, 0.05) is 18.1 Å². The largest absolute Gasteiger partial charge is 0.449 e. The average molecular weight is 338 g/mol. The Morgan fingerprint density at radius 1 is 1.08 bits per heavy atom. The molecule has 5 nitrogen and oxygen atoms in total. The van der Waals surface area contributed by atoms with Crippen LogP contribution >= 0.6 is 0 Å². The molecule has 0 aliphatic rings. The molecule has 1 atom stereocenters. The Labute approximate surface area is 135 Å². The molecule has 1 heterocycles. The van der Waals surface area contributed by atoms with Crippen LogP contribution in [0.2, 0.25) is 0 Å². The van der Waals surface area contributed by atoms with Gasteiger partial charge in [0.1, 0.15) is 0 Å². The summed E-state index contributed by atoms with van der Waals surface area (Å²) in [5.74, 6) is -1.36. The van der Waals surface area contributed by atoms with Crippen molar-refractivity contribution in [2.24, 2.45) is 0 Å². The number of rotatable bonds is 4. The predicted octanol–water partition coefficient (Wildman–Crippen LogP) is 3.28. The molecule has 0 bridgehead atoms. The Bertz CT molecular complexity index is 716. The molecule has 8 heteroatoms. The smallest absolute Gasteiger partial charge is 0.416 e. The fraction of sp³-hybridized carbons (Fsp3) is 0.188. The van der Waals surface area contributed by atoms with E-state index < -0.39 is 29.7 Å². The third-order valence-electron chi connectivity index (χ3n) is 3.05. The normalized spacial score (nSPS) is 12.3. The van der Waals surface area contributed by atoms with Crippen LogP contribution in [0.3, 0.4) is 0 Å². The highest BCUT2D eigenvalue weighted by molar-refractivity contribution is 5.97. The van der Waals surface area contributed by atoms with Gasteiger partial charge in [-0.15, -0.1) is 0 Å². The van der Waals surface area contributed by atoms with Gasteiger partial charge in [-0.05, 0) is 43.3 Å². The number of carbonyl (C=O) groups is 2. The molecular formula is C16H13F3N2O3. The lowest BCUT2D eigenvalue weighted by atomic mass is 10.2. The highest BCUT2D eigenvalue weighted by Gasteiger charge is 2.30. The van der Waals surface area contributed by atoms with Gasteiger partial charge < -0.3 is 10.1 Å². The first kappa shape index (κ1) is 17.5. The Morgan fingerprint density at radius 2 is 1.67 bits per heavy atom. The van der Waals surface area contributed by atoms with Crippen LogP contribution in [0, 0.1) is 0 Å². The van der Waals surface area contributed by atoms with E-state index in [0.29, 0.717) is 0 Å². The minimum atomic E-state index is -4.45. The molecule has 0 fully saturated rings. The number of aromatic nitrogens is 1. The molecule has 1 aromatic heterocycles. The van der Waals surface area contributed by atoms with E-state index in [1.54, 1.807) is 0 Å². The predicted molar refractivity (Wildman–Crippen MR) is 79.2 cm³/mol. The number of hydrogen-bond donors (Lipinski definition) is 1. The molecule has 1 N–H and O–H groups in total. The van der Waals surface area contributed by atoms with E-state index in [2.05, 4.69) is 10.3 Å². The van der Waals surface area contributed by atoms with E-state index in [4.69, 9.17) is 4.74 Å². The van der Waals surface area contributed by atoms with Gasteiger partial charge in [0.25, 0.3) is 5.91 Å². The van der Waals surface area contributed by atoms with Crippen LogP contribution in [0.25, 0.3) is 0 Å². The molecule has 0 spiro atoms. The summed E-state index contributed by atoms with van der Waals surface area (Å²) in [4.78, 5) is 27.5. The second-order valence-electron chi connectivity index (χ2n) is 4.85. The van der Waals surface area contributed by atoms with Crippen LogP contribution in [-0.4, -0.2) is 23.0 Å². The molecule has 1 aromatic carbocycles. The van der Waals surface area contributed by atoms with Crippen LogP contribution < -0.4 is 5.32 Å². The lowest BCUT2D eigenvalue weighted by Gasteiger charge is -2.14. The van der Waals surface area contributed by atoms with Crippen molar-refractivity contribution in [3.8, 4) is 0 Å². The van der Waals surface area contributed by atoms with Crippen LogP contribution in [0.15, 0.2) is 48.8 Å². The SMILES string of the molecule is C[C@@H](OC(=O)c1ccncc1)C(=O)Nc1ccc(C(F)(F)F)cc1. The van der Waals surface area contributed by atoms with Crippen molar-refractivity contribution in [1.82, 2.24) is 4.98 Å².